The van der Waals surface area contributed by atoms with Gasteiger partial charge < -0.3 is 0 Å². The third kappa shape index (κ3) is 4.00. The van der Waals surface area contributed by atoms with Crippen LogP contribution in [-0.4, -0.2) is 23.1 Å². The first-order valence-corrected chi connectivity index (χ1v) is 13.5. The molecule has 0 aromatic rings. The molecule has 0 aromatic carbocycles. The predicted octanol–water partition coefficient (Wildman–Crippen LogP) is 6.06. The zero-order valence-corrected chi connectivity index (χ0v) is 21.1. The number of Topliss-reactive ketones (excluding diaryl/α,β-unsaturated/α-hetero) is 3. The van der Waals surface area contributed by atoms with Crippen molar-refractivity contribution in [2.24, 2.45) is 40.4 Å². The predicted molar refractivity (Wildman–Crippen MR) is 129 cm³/mol. The van der Waals surface area contributed by atoms with Gasteiger partial charge in [0.15, 0.2) is 23.1 Å². The number of carbonyl (C=O) groups is 4. The van der Waals surface area contributed by atoms with Crippen molar-refractivity contribution in [3.8, 4) is 0 Å². The molecule has 4 heteroatoms. The average Bonchev–Trinajstić information content (AvgIpc) is 3.12. The van der Waals surface area contributed by atoms with Crippen LogP contribution in [0.2, 0.25) is 0 Å². The molecule has 3 saturated carbocycles. The fourth-order valence-corrected chi connectivity index (χ4v) is 8.51. The van der Waals surface area contributed by atoms with Crippen molar-refractivity contribution in [2.45, 2.75) is 105 Å². The minimum Gasteiger partial charge on any atom is -0.298 e. The van der Waals surface area contributed by atoms with E-state index >= 15 is 0 Å². The van der Waals surface area contributed by atoms with Gasteiger partial charge in [0.1, 0.15) is 5.92 Å². The number of hydrogen-bond donors (Lipinski definition) is 0. The Morgan fingerprint density at radius 1 is 0.909 bits per heavy atom. The lowest BCUT2D eigenvalue weighted by Gasteiger charge is -2.58. The molecule has 0 amide bonds. The molecule has 4 nitrogen and oxygen atoms in total. The average molecular weight is 455 g/mol. The van der Waals surface area contributed by atoms with Crippen LogP contribution in [0.5, 0.6) is 0 Å². The van der Waals surface area contributed by atoms with Gasteiger partial charge in [-0.1, -0.05) is 33.3 Å². The van der Waals surface area contributed by atoms with E-state index in [1.165, 1.54) is 5.57 Å². The summed E-state index contributed by atoms with van der Waals surface area (Å²) in [5, 5.41) is 0. The summed E-state index contributed by atoms with van der Waals surface area (Å²) in [7, 11) is 0. The van der Waals surface area contributed by atoms with Crippen molar-refractivity contribution in [1.82, 2.24) is 0 Å². The maximum Gasteiger partial charge on any atom is 0.155 e. The quantitative estimate of drug-likeness (QED) is 0.418. The second kappa shape index (κ2) is 9.23. The fourth-order valence-electron chi connectivity index (χ4n) is 8.51. The number of ketones is 4. The first-order valence-electron chi connectivity index (χ1n) is 13.5. The van der Waals surface area contributed by atoms with Crippen molar-refractivity contribution < 1.29 is 19.2 Å². The molecule has 0 heterocycles. The Kier molecular flexibility index (Phi) is 6.86. The summed E-state index contributed by atoms with van der Waals surface area (Å²) in [5.74, 6) is 0.323. The highest BCUT2D eigenvalue weighted by Gasteiger charge is 2.61. The first-order chi connectivity index (χ1) is 15.7. The summed E-state index contributed by atoms with van der Waals surface area (Å²) in [6.07, 6.45) is 11.6. The lowest BCUT2D eigenvalue weighted by atomic mass is 9.46. The molecule has 6 atom stereocenters. The number of allylic oxidation sites excluding steroid dienone is 1. The van der Waals surface area contributed by atoms with Gasteiger partial charge in [0.2, 0.25) is 0 Å². The summed E-state index contributed by atoms with van der Waals surface area (Å²) in [4.78, 5) is 51.7. The molecule has 0 spiro atoms. The van der Waals surface area contributed by atoms with Crippen molar-refractivity contribution >= 4 is 23.1 Å². The molecule has 0 unspecified atom stereocenters. The Morgan fingerprint density at radius 2 is 1.58 bits per heavy atom. The van der Waals surface area contributed by atoms with Crippen LogP contribution in [-0.2, 0) is 19.2 Å². The van der Waals surface area contributed by atoms with Gasteiger partial charge in [0, 0.05) is 25.2 Å². The smallest absolute Gasteiger partial charge is 0.155 e. The van der Waals surface area contributed by atoms with E-state index in [4.69, 9.17) is 0 Å². The van der Waals surface area contributed by atoms with Gasteiger partial charge in [0.05, 0.1) is 0 Å². The largest absolute Gasteiger partial charge is 0.298 e. The monoisotopic (exact) mass is 454 g/mol. The molecule has 3 fully saturated rings. The number of carbonyl (C=O) groups excluding carboxylic acids is 4. The maximum absolute atomic E-state index is 13.8. The van der Waals surface area contributed by atoms with Gasteiger partial charge in [-0.2, -0.15) is 0 Å². The second-order valence-corrected chi connectivity index (χ2v) is 11.9. The second-order valence-electron chi connectivity index (χ2n) is 11.9. The summed E-state index contributed by atoms with van der Waals surface area (Å²) in [6.45, 7) is 8.53. The number of rotatable bonds is 8. The van der Waals surface area contributed by atoms with Gasteiger partial charge >= 0.3 is 0 Å². The van der Waals surface area contributed by atoms with Crippen molar-refractivity contribution in [3.05, 3.63) is 11.6 Å². The number of hydrogen-bond acceptors (Lipinski definition) is 4. The van der Waals surface area contributed by atoms with Crippen molar-refractivity contribution in [2.75, 3.05) is 0 Å². The Morgan fingerprint density at radius 3 is 2.21 bits per heavy atom. The lowest BCUT2D eigenvalue weighted by molar-refractivity contribution is -0.145. The molecule has 0 saturated heterocycles. The zero-order valence-electron chi connectivity index (χ0n) is 21.1. The Hall–Kier alpha value is -1.58. The minimum atomic E-state index is -1.04. The highest BCUT2D eigenvalue weighted by Crippen LogP contribution is 2.66. The SMILES string of the molecule is CCCC(=O)C(C(=O)CCC)C(=O)[C@H]1CC[C@H]2[C@@H]3CCC4=CC(=O)CC[C@]4(C)[C@H]3CC[C@]12C. The van der Waals surface area contributed by atoms with E-state index in [0.717, 1.165) is 44.9 Å². The van der Waals surface area contributed by atoms with Crippen LogP contribution in [0.1, 0.15) is 105 Å². The first kappa shape index (κ1) is 24.5. The van der Waals surface area contributed by atoms with Crippen LogP contribution in [0.3, 0.4) is 0 Å². The Bertz CT molecular complexity index is 851. The van der Waals surface area contributed by atoms with E-state index in [2.05, 4.69) is 13.8 Å². The number of fused-ring (bicyclic) bond motifs is 5. The topological polar surface area (TPSA) is 68.3 Å². The molecule has 0 aromatic heterocycles. The molecule has 0 aliphatic heterocycles. The van der Waals surface area contributed by atoms with E-state index in [1.807, 2.05) is 19.9 Å². The summed E-state index contributed by atoms with van der Waals surface area (Å²) >= 11 is 0. The van der Waals surface area contributed by atoms with Gasteiger partial charge in [-0.3, -0.25) is 19.2 Å². The Labute approximate surface area is 199 Å². The third-order valence-corrected chi connectivity index (χ3v) is 10.2. The van der Waals surface area contributed by atoms with E-state index in [9.17, 15) is 19.2 Å². The van der Waals surface area contributed by atoms with Crippen LogP contribution in [0.4, 0.5) is 0 Å². The fraction of sp³-hybridized carbons (Fsp3) is 0.793. The van der Waals surface area contributed by atoms with Crippen LogP contribution in [0, 0.1) is 40.4 Å². The Balaban J connectivity index is 1.59. The molecule has 0 bridgehead atoms. The highest BCUT2D eigenvalue weighted by atomic mass is 16.2. The molecular weight excluding hydrogens is 412 g/mol. The molecule has 4 aliphatic rings. The minimum absolute atomic E-state index is 0.0683. The van der Waals surface area contributed by atoms with Crippen LogP contribution >= 0.6 is 0 Å². The van der Waals surface area contributed by atoms with E-state index in [-0.39, 0.29) is 39.9 Å². The normalized spacial score (nSPS) is 37.7. The lowest BCUT2D eigenvalue weighted by Crippen LogP contribution is -2.52. The van der Waals surface area contributed by atoms with Crippen LogP contribution < -0.4 is 0 Å². The third-order valence-electron chi connectivity index (χ3n) is 10.2. The van der Waals surface area contributed by atoms with E-state index in [0.29, 0.717) is 49.9 Å². The van der Waals surface area contributed by atoms with Gasteiger partial charge in [-0.05, 0) is 92.4 Å². The van der Waals surface area contributed by atoms with Gasteiger partial charge in [-0.25, -0.2) is 0 Å². The highest BCUT2D eigenvalue weighted by molar-refractivity contribution is 6.20. The molecule has 182 valence electrons. The van der Waals surface area contributed by atoms with E-state index in [1.54, 1.807) is 0 Å². The molecule has 0 radical (unpaired) electrons. The molecule has 0 N–H and O–H groups in total. The summed E-state index contributed by atoms with van der Waals surface area (Å²) in [5.41, 5.74) is 1.37. The van der Waals surface area contributed by atoms with Gasteiger partial charge in [-0.15, -0.1) is 0 Å². The standard InChI is InChI=1S/C29H42O4/c1-5-7-24(31)26(25(32)8-6-2)27(33)23-12-11-21-20-10-9-18-17-19(30)13-15-28(18,3)22(20)14-16-29(21,23)4/h17,20-23,26H,5-16H2,1-4H3/t20-,21-,22-,23+,28-,29-/m0/s1. The van der Waals surface area contributed by atoms with Gasteiger partial charge in [0.25, 0.3) is 0 Å². The van der Waals surface area contributed by atoms with Crippen molar-refractivity contribution in [3.63, 3.8) is 0 Å². The summed E-state index contributed by atoms with van der Waals surface area (Å²) in [6, 6.07) is 0. The molecule has 33 heavy (non-hydrogen) atoms. The molecule has 4 rings (SSSR count). The van der Waals surface area contributed by atoms with E-state index < -0.39 is 5.92 Å². The molecular formula is C29H42O4. The van der Waals surface area contributed by atoms with Crippen LogP contribution in [0.15, 0.2) is 11.6 Å². The zero-order chi connectivity index (χ0) is 24.0. The van der Waals surface area contributed by atoms with Crippen LogP contribution in [0.25, 0.3) is 0 Å². The van der Waals surface area contributed by atoms with Crippen molar-refractivity contribution in [1.29, 1.82) is 0 Å². The summed E-state index contributed by atoms with van der Waals surface area (Å²) < 4.78 is 0. The molecule has 4 aliphatic carbocycles. The maximum atomic E-state index is 13.8.